The first kappa shape index (κ1) is 23.9. The quantitative estimate of drug-likeness (QED) is 0.486. The van der Waals surface area contributed by atoms with Gasteiger partial charge in [-0.3, -0.25) is 0 Å². The number of ether oxygens (including phenoxy) is 3. The number of nitrogens with zero attached hydrogens (tertiary/aromatic N) is 2. The van der Waals surface area contributed by atoms with Crippen molar-refractivity contribution >= 4 is 11.8 Å². The van der Waals surface area contributed by atoms with E-state index in [0.29, 0.717) is 6.92 Å². The highest BCUT2D eigenvalue weighted by molar-refractivity contribution is 5.77. The summed E-state index contributed by atoms with van der Waals surface area (Å²) >= 11 is 0. The SMILES string of the molecule is COC(=O)C(F)c1nc(C)nc(N[C@H](C)c2cccc(C(C)(F)F)c2F)c1C1OCCO1. The lowest BCUT2D eigenvalue weighted by Crippen LogP contribution is -2.21. The van der Waals surface area contributed by atoms with Crippen LogP contribution < -0.4 is 5.32 Å². The smallest absolute Gasteiger partial charge is 0.346 e. The predicted octanol–water partition coefficient (Wildman–Crippen LogP) is 4.44. The lowest BCUT2D eigenvalue weighted by Gasteiger charge is -2.24. The van der Waals surface area contributed by atoms with E-state index in [4.69, 9.17) is 9.47 Å². The maximum absolute atomic E-state index is 14.9. The van der Waals surface area contributed by atoms with E-state index >= 15 is 0 Å². The Kier molecular flexibility index (Phi) is 6.99. The van der Waals surface area contributed by atoms with Gasteiger partial charge in [-0.2, -0.15) is 0 Å². The van der Waals surface area contributed by atoms with E-state index in [-0.39, 0.29) is 41.7 Å². The lowest BCUT2D eigenvalue weighted by molar-refractivity contribution is -0.147. The molecular weight excluding hydrogens is 434 g/mol. The molecule has 1 aliphatic heterocycles. The van der Waals surface area contributed by atoms with Crippen molar-refractivity contribution in [3.8, 4) is 0 Å². The van der Waals surface area contributed by atoms with Crippen LogP contribution in [0.3, 0.4) is 0 Å². The van der Waals surface area contributed by atoms with Gasteiger partial charge in [0.2, 0.25) is 6.17 Å². The van der Waals surface area contributed by atoms with Crippen molar-refractivity contribution in [2.75, 3.05) is 25.6 Å². The Morgan fingerprint density at radius 3 is 2.53 bits per heavy atom. The molecule has 3 rings (SSSR count). The zero-order valence-corrected chi connectivity index (χ0v) is 17.9. The minimum Gasteiger partial charge on any atom is -0.467 e. The Hall–Kier alpha value is -2.79. The van der Waals surface area contributed by atoms with E-state index in [1.807, 2.05) is 0 Å². The van der Waals surface area contributed by atoms with Gasteiger partial charge < -0.3 is 19.5 Å². The molecule has 1 aromatic heterocycles. The molecule has 0 aliphatic carbocycles. The molecule has 1 saturated heterocycles. The Morgan fingerprint density at radius 1 is 1.28 bits per heavy atom. The first-order chi connectivity index (χ1) is 15.0. The Bertz CT molecular complexity index is 994. The highest BCUT2D eigenvalue weighted by Gasteiger charge is 2.35. The number of carbonyl (C=O) groups is 1. The average Bonchev–Trinajstić information content (AvgIpc) is 3.25. The summed E-state index contributed by atoms with van der Waals surface area (Å²) in [7, 11) is 1.03. The summed E-state index contributed by atoms with van der Waals surface area (Å²) in [5.74, 6) is -5.50. The molecule has 1 N–H and O–H groups in total. The summed E-state index contributed by atoms with van der Waals surface area (Å²) in [5.41, 5.74) is -1.11. The minimum absolute atomic E-state index is 0.00948. The van der Waals surface area contributed by atoms with Gasteiger partial charge in [-0.25, -0.2) is 32.3 Å². The summed E-state index contributed by atoms with van der Waals surface area (Å²) in [6, 6.07) is 2.81. The topological polar surface area (TPSA) is 82.6 Å². The second kappa shape index (κ2) is 9.37. The zero-order chi connectivity index (χ0) is 23.6. The molecule has 11 heteroatoms. The third kappa shape index (κ3) is 4.83. The van der Waals surface area contributed by atoms with Crippen LogP contribution in [-0.4, -0.2) is 36.3 Å². The number of aryl methyl sites for hydroxylation is 1. The van der Waals surface area contributed by atoms with Gasteiger partial charge in [0, 0.05) is 12.5 Å². The van der Waals surface area contributed by atoms with Crippen LogP contribution in [0.2, 0.25) is 0 Å². The van der Waals surface area contributed by atoms with Crippen molar-refractivity contribution < 1.29 is 36.6 Å². The first-order valence-corrected chi connectivity index (χ1v) is 9.81. The normalized spacial score (nSPS) is 16.6. The van der Waals surface area contributed by atoms with Crippen LogP contribution >= 0.6 is 0 Å². The van der Waals surface area contributed by atoms with Crippen LogP contribution in [0.25, 0.3) is 0 Å². The van der Waals surface area contributed by atoms with E-state index in [1.165, 1.54) is 26.0 Å². The van der Waals surface area contributed by atoms with E-state index in [0.717, 1.165) is 13.2 Å². The number of aromatic nitrogens is 2. The highest BCUT2D eigenvalue weighted by Crippen LogP contribution is 2.38. The van der Waals surface area contributed by atoms with Gasteiger partial charge in [0.1, 0.15) is 23.2 Å². The molecule has 1 fully saturated rings. The number of rotatable bonds is 7. The molecule has 2 aromatic rings. The largest absolute Gasteiger partial charge is 0.467 e. The zero-order valence-electron chi connectivity index (χ0n) is 17.9. The maximum Gasteiger partial charge on any atom is 0.346 e. The first-order valence-electron chi connectivity index (χ1n) is 9.81. The third-order valence-corrected chi connectivity index (χ3v) is 4.91. The molecule has 0 amide bonds. The number of carbonyl (C=O) groups excluding carboxylic acids is 1. The van der Waals surface area contributed by atoms with Crippen LogP contribution in [0.1, 0.15) is 60.6 Å². The van der Waals surface area contributed by atoms with Crippen LogP contribution in [0.15, 0.2) is 18.2 Å². The molecule has 0 bridgehead atoms. The fraction of sp³-hybridized carbons (Fsp3) is 0.476. The minimum atomic E-state index is -3.38. The Balaban J connectivity index is 2.06. The van der Waals surface area contributed by atoms with Crippen molar-refractivity contribution in [3.63, 3.8) is 0 Å². The van der Waals surface area contributed by atoms with Crippen LogP contribution in [0, 0.1) is 12.7 Å². The van der Waals surface area contributed by atoms with Crippen LogP contribution in [0.4, 0.5) is 23.4 Å². The summed E-state index contributed by atoms with van der Waals surface area (Å²) < 4.78 is 72.6. The molecule has 0 saturated carbocycles. The number of esters is 1. The third-order valence-electron chi connectivity index (χ3n) is 4.91. The number of nitrogens with one attached hydrogen (secondary N) is 1. The van der Waals surface area contributed by atoms with Crippen molar-refractivity contribution in [1.29, 1.82) is 0 Å². The second-order valence-corrected chi connectivity index (χ2v) is 7.34. The van der Waals surface area contributed by atoms with E-state index in [2.05, 4.69) is 20.0 Å². The van der Waals surface area contributed by atoms with Crippen LogP contribution in [-0.2, 0) is 24.9 Å². The van der Waals surface area contributed by atoms with Gasteiger partial charge >= 0.3 is 5.97 Å². The fourth-order valence-corrected chi connectivity index (χ4v) is 3.38. The molecule has 1 unspecified atom stereocenters. The molecule has 2 heterocycles. The maximum atomic E-state index is 14.9. The molecule has 0 spiro atoms. The number of benzene rings is 1. The molecule has 0 radical (unpaired) electrons. The summed E-state index contributed by atoms with van der Waals surface area (Å²) in [5, 5.41) is 2.90. The number of hydrogen-bond acceptors (Lipinski definition) is 7. The van der Waals surface area contributed by atoms with Gasteiger partial charge in [0.25, 0.3) is 5.92 Å². The summed E-state index contributed by atoms with van der Waals surface area (Å²) in [4.78, 5) is 20.1. The number of methoxy groups -OCH3 is 1. The Morgan fingerprint density at radius 2 is 1.94 bits per heavy atom. The van der Waals surface area contributed by atoms with Gasteiger partial charge in [-0.15, -0.1) is 0 Å². The van der Waals surface area contributed by atoms with Crippen molar-refractivity contribution in [2.45, 2.75) is 45.2 Å². The summed E-state index contributed by atoms with van der Waals surface area (Å²) in [6.45, 7) is 4.03. The van der Waals surface area contributed by atoms with Crippen molar-refractivity contribution in [3.05, 3.63) is 52.2 Å². The number of halogens is 4. The van der Waals surface area contributed by atoms with Gasteiger partial charge in [-0.1, -0.05) is 18.2 Å². The Labute approximate surface area is 182 Å². The standard InChI is InChI=1S/C21H23F4N3O4/c1-10(12-6-5-7-13(15(12)22)21(3,24)25)26-18-14(20-31-8-9-32-20)17(27-11(2)28-18)16(23)19(29)30-4/h5-7,10,16,20H,8-9H2,1-4H3,(H,26,27,28)/t10-,16?/m1/s1. The molecule has 1 aromatic carbocycles. The molecule has 2 atom stereocenters. The average molecular weight is 457 g/mol. The van der Waals surface area contributed by atoms with Gasteiger partial charge in [-0.05, 0) is 13.8 Å². The molecule has 32 heavy (non-hydrogen) atoms. The fourth-order valence-electron chi connectivity index (χ4n) is 3.38. The lowest BCUT2D eigenvalue weighted by atomic mass is 10.0. The predicted molar refractivity (Wildman–Crippen MR) is 105 cm³/mol. The number of hydrogen-bond donors (Lipinski definition) is 1. The van der Waals surface area contributed by atoms with Crippen LogP contribution in [0.5, 0.6) is 0 Å². The molecule has 174 valence electrons. The number of anilines is 1. The second-order valence-electron chi connectivity index (χ2n) is 7.34. The van der Waals surface area contributed by atoms with Crippen molar-refractivity contribution in [1.82, 2.24) is 9.97 Å². The monoisotopic (exact) mass is 457 g/mol. The van der Waals surface area contributed by atoms with E-state index in [9.17, 15) is 22.4 Å². The van der Waals surface area contributed by atoms with Gasteiger partial charge in [0.05, 0.1) is 37.5 Å². The van der Waals surface area contributed by atoms with Gasteiger partial charge in [0.15, 0.2) is 6.29 Å². The van der Waals surface area contributed by atoms with Crippen molar-refractivity contribution in [2.24, 2.45) is 0 Å². The van der Waals surface area contributed by atoms with E-state index < -0.39 is 41.8 Å². The highest BCUT2D eigenvalue weighted by atomic mass is 19.3. The summed E-state index contributed by atoms with van der Waals surface area (Å²) in [6.07, 6.45) is -3.33. The molecule has 7 nitrogen and oxygen atoms in total. The number of alkyl halides is 3. The molecule has 1 aliphatic rings. The van der Waals surface area contributed by atoms with E-state index in [1.54, 1.807) is 0 Å². The molecular formula is C21H23F4N3O4.